The van der Waals surface area contributed by atoms with Crippen LogP contribution in [0.25, 0.3) is 0 Å². The van der Waals surface area contributed by atoms with E-state index in [1.807, 2.05) is 0 Å². The van der Waals surface area contributed by atoms with Crippen molar-refractivity contribution in [2.24, 2.45) is 5.73 Å². The summed E-state index contributed by atoms with van der Waals surface area (Å²) in [5, 5.41) is 5.28. The van der Waals surface area contributed by atoms with Crippen molar-refractivity contribution in [1.29, 1.82) is 0 Å². The van der Waals surface area contributed by atoms with Gasteiger partial charge in [0.2, 0.25) is 17.7 Å². The fraction of sp³-hybridized carbons (Fsp3) is 0.645. The number of likely N-dealkylation sites (tertiary alicyclic amines) is 1. The van der Waals surface area contributed by atoms with Gasteiger partial charge in [-0.05, 0) is 78.1 Å². The smallest absolute Gasteiger partial charge is 0.411 e. The summed E-state index contributed by atoms with van der Waals surface area (Å²) in [4.78, 5) is 69.8. The van der Waals surface area contributed by atoms with Crippen molar-refractivity contribution in [2.45, 2.75) is 89.1 Å². The Morgan fingerprint density at radius 2 is 1.84 bits per heavy atom. The largest absolute Gasteiger partial charge is 0.444 e. The first kappa shape index (κ1) is 31.9. The summed E-state index contributed by atoms with van der Waals surface area (Å²) in [5.41, 5.74) is 5.57. The molecule has 1 atom stereocenters. The lowest BCUT2D eigenvalue weighted by Gasteiger charge is -2.33. The van der Waals surface area contributed by atoms with Crippen molar-refractivity contribution < 1.29 is 33.4 Å². The van der Waals surface area contributed by atoms with Crippen molar-refractivity contribution in [3.8, 4) is 0 Å². The molecular weight excluding hydrogens is 568 g/mol. The molecule has 0 radical (unpaired) electrons. The lowest BCUT2D eigenvalue weighted by atomic mass is 10.0. The Balaban J connectivity index is 1.25. The molecule has 1 aromatic rings. The van der Waals surface area contributed by atoms with Gasteiger partial charge in [0.1, 0.15) is 17.2 Å². The van der Waals surface area contributed by atoms with E-state index in [2.05, 4.69) is 15.5 Å². The molecule has 3 heterocycles. The van der Waals surface area contributed by atoms with Crippen LogP contribution in [0.4, 0.5) is 10.5 Å². The zero-order chi connectivity index (χ0) is 31.6. The Morgan fingerprint density at radius 3 is 2.50 bits per heavy atom. The first-order valence-corrected chi connectivity index (χ1v) is 15.5. The molecule has 4 aliphatic rings. The zero-order valence-corrected chi connectivity index (χ0v) is 25.9. The minimum absolute atomic E-state index is 0.121. The number of hydrogen-bond acceptors (Lipinski definition) is 9. The summed E-state index contributed by atoms with van der Waals surface area (Å²) in [6, 6.07) is 4.55. The molecule has 240 valence electrons. The van der Waals surface area contributed by atoms with E-state index in [-0.39, 0.29) is 56.3 Å². The number of piperidine rings is 2. The highest BCUT2D eigenvalue weighted by molar-refractivity contribution is 6.08. The molecule has 1 unspecified atom stereocenters. The molecule has 3 fully saturated rings. The number of rotatable bonds is 10. The number of carbonyl (C=O) groups excluding carboxylic acids is 5. The minimum Gasteiger partial charge on any atom is -0.444 e. The van der Waals surface area contributed by atoms with Crippen molar-refractivity contribution in [3.05, 3.63) is 29.3 Å². The number of ether oxygens (including phenoxy) is 2. The number of carbonyl (C=O) groups is 5. The van der Waals surface area contributed by atoms with Crippen LogP contribution in [-0.2, 0) is 30.4 Å². The molecule has 2 saturated heterocycles. The van der Waals surface area contributed by atoms with E-state index in [4.69, 9.17) is 15.2 Å². The van der Waals surface area contributed by atoms with Crippen LogP contribution in [0, 0.1) is 0 Å². The van der Waals surface area contributed by atoms with Crippen molar-refractivity contribution in [3.63, 3.8) is 0 Å². The average molecular weight is 613 g/mol. The van der Waals surface area contributed by atoms with Crippen LogP contribution in [0.15, 0.2) is 18.2 Å². The van der Waals surface area contributed by atoms with E-state index in [9.17, 15) is 24.0 Å². The molecule has 1 aliphatic carbocycles. The van der Waals surface area contributed by atoms with Gasteiger partial charge in [-0.3, -0.25) is 29.4 Å². The SMILES string of the molecule is CC(C)(C)OC(=O)N(CCOCCN1CCC(N)CC1)C1(C(=O)Nc2cccc3c2CN(C2CCC(=O)NC2=O)C3=O)CC1. The van der Waals surface area contributed by atoms with Gasteiger partial charge in [-0.1, -0.05) is 6.07 Å². The molecule has 5 rings (SSSR count). The van der Waals surface area contributed by atoms with E-state index in [0.717, 1.165) is 32.5 Å². The molecule has 3 aliphatic heterocycles. The van der Waals surface area contributed by atoms with Crippen LogP contribution in [0.3, 0.4) is 0 Å². The lowest BCUT2D eigenvalue weighted by molar-refractivity contribution is -0.137. The van der Waals surface area contributed by atoms with Gasteiger partial charge in [-0.25, -0.2) is 4.79 Å². The topological polar surface area (TPSA) is 164 Å². The third-order valence-corrected chi connectivity index (χ3v) is 8.75. The summed E-state index contributed by atoms with van der Waals surface area (Å²) in [6.45, 7) is 9.06. The molecule has 4 N–H and O–H groups in total. The van der Waals surface area contributed by atoms with E-state index >= 15 is 0 Å². The first-order chi connectivity index (χ1) is 20.9. The predicted octanol–water partition coefficient (Wildman–Crippen LogP) is 1.60. The number of nitrogens with zero attached hydrogens (tertiary/aromatic N) is 3. The zero-order valence-electron chi connectivity index (χ0n) is 25.9. The summed E-state index contributed by atoms with van der Waals surface area (Å²) in [5.74, 6) is -1.55. The van der Waals surface area contributed by atoms with Crippen LogP contribution in [0.1, 0.15) is 75.2 Å². The quantitative estimate of drug-likeness (QED) is 0.263. The average Bonchev–Trinajstić information content (AvgIpc) is 3.69. The summed E-state index contributed by atoms with van der Waals surface area (Å²) >= 11 is 0. The Morgan fingerprint density at radius 1 is 1.11 bits per heavy atom. The second-order valence-corrected chi connectivity index (χ2v) is 13.1. The number of benzene rings is 1. The molecule has 1 saturated carbocycles. The summed E-state index contributed by atoms with van der Waals surface area (Å²) in [7, 11) is 0. The third-order valence-electron chi connectivity index (χ3n) is 8.75. The van der Waals surface area contributed by atoms with Gasteiger partial charge < -0.3 is 30.3 Å². The fourth-order valence-electron chi connectivity index (χ4n) is 6.10. The molecule has 0 spiro atoms. The Bertz CT molecular complexity index is 1300. The van der Waals surface area contributed by atoms with E-state index < -0.39 is 29.2 Å². The number of imide groups is 1. The normalized spacial score (nSPS) is 22.0. The first-order valence-electron chi connectivity index (χ1n) is 15.5. The molecule has 1 aromatic carbocycles. The van der Waals surface area contributed by atoms with Crippen LogP contribution in [0.5, 0.6) is 0 Å². The van der Waals surface area contributed by atoms with E-state index in [1.165, 1.54) is 9.80 Å². The molecule has 5 amide bonds. The van der Waals surface area contributed by atoms with Crippen molar-refractivity contribution >= 4 is 35.4 Å². The van der Waals surface area contributed by atoms with Gasteiger partial charge >= 0.3 is 6.09 Å². The highest BCUT2D eigenvalue weighted by atomic mass is 16.6. The maximum absolute atomic E-state index is 13.9. The number of fused-ring (bicyclic) bond motifs is 1. The molecule has 13 nitrogen and oxygen atoms in total. The third kappa shape index (κ3) is 7.05. The highest BCUT2D eigenvalue weighted by Gasteiger charge is 2.57. The second kappa shape index (κ2) is 12.8. The number of hydrogen-bond donors (Lipinski definition) is 3. The molecule has 0 bridgehead atoms. The highest BCUT2D eigenvalue weighted by Crippen LogP contribution is 2.44. The van der Waals surface area contributed by atoms with Gasteiger partial charge in [-0.15, -0.1) is 0 Å². The van der Waals surface area contributed by atoms with Gasteiger partial charge in [0.25, 0.3) is 5.91 Å². The Hall–Kier alpha value is -3.55. The van der Waals surface area contributed by atoms with Crippen LogP contribution in [-0.4, -0.2) is 107 Å². The van der Waals surface area contributed by atoms with Gasteiger partial charge in [0.15, 0.2) is 0 Å². The van der Waals surface area contributed by atoms with Gasteiger partial charge in [0, 0.05) is 48.9 Å². The predicted molar refractivity (Wildman–Crippen MR) is 160 cm³/mol. The van der Waals surface area contributed by atoms with Crippen molar-refractivity contribution in [2.75, 3.05) is 44.7 Å². The maximum atomic E-state index is 13.9. The standard InChI is InChI=1S/C31H44N6O7/c1-30(2,3)44-29(42)37(16-18-43-17-15-35-13-9-20(32)10-14-35)31(11-12-31)28(41)33-23-6-4-5-21-22(23)19-36(27(21)40)24-7-8-25(38)34-26(24)39/h4-6,20,24H,7-19,32H2,1-3H3,(H,33,41)(H,34,38,39). The molecule has 13 heteroatoms. The number of nitrogens with two attached hydrogens (primary N) is 1. The molecule has 0 aromatic heterocycles. The van der Waals surface area contributed by atoms with E-state index in [1.54, 1.807) is 39.0 Å². The lowest BCUT2D eigenvalue weighted by Crippen LogP contribution is -2.52. The Labute approximate surface area is 257 Å². The fourth-order valence-corrected chi connectivity index (χ4v) is 6.10. The number of amides is 5. The van der Waals surface area contributed by atoms with Gasteiger partial charge in [-0.2, -0.15) is 0 Å². The Kier molecular flexibility index (Phi) is 9.28. The molecule has 44 heavy (non-hydrogen) atoms. The van der Waals surface area contributed by atoms with Crippen molar-refractivity contribution in [1.82, 2.24) is 20.0 Å². The van der Waals surface area contributed by atoms with Crippen LogP contribution in [0.2, 0.25) is 0 Å². The van der Waals surface area contributed by atoms with Crippen LogP contribution < -0.4 is 16.4 Å². The monoisotopic (exact) mass is 612 g/mol. The molecular formula is C31H44N6O7. The minimum atomic E-state index is -1.11. The number of anilines is 1. The van der Waals surface area contributed by atoms with E-state index in [0.29, 0.717) is 36.3 Å². The summed E-state index contributed by atoms with van der Waals surface area (Å²) in [6.07, 6.45) is 2.67. The maximum Gasteiger partial charge on any atom is 0.411 e. The van der Waals surface area contributed by atoms with Gasteiger partial charge in [0.05, 0.1) is 13.2 Å². The summed E-state index contributed by atoms with van der Waals surface area (Å²) < 4.78 is 11.6. The number of nitrogens with one attached hydrogen (secondary N) is 2. The van der Waals surface area contributed by atoms with Crippen LogP contribution >= 0.6 is 0 Å². The second-order valence-electron chi connectivity index (χ2n) is 13.1.